The highest BCUT2D eigenvalue weighted by Gasteiger charge is 2.72. The highest BCUT2D eigenvalue weighted by atomic mass is 16.6. The van der Waals surface area contributed by atoms with Gasteiger partial charge in [0.2, 0.25) is 0 Å². The first-order chi connectivity index (χ1) is 25.9. The van der Waals surface area contributed by atoms with Gasteiger partial charge in [-0.05, 0) is 112 Å². The molecule has 5 rings (SSSR count). The van der Waals surface area contributed by atoms with Gasteiger partial charge < -0.3 is 35.1 Å². The first-order valence-corrected chi connectivity index (χ1v) is 21.0. The molecule has 5 aliphatic rings. The summed E-state index contributed by atoms with van der Waals surface area (Å²) in [6.07, 6.45) is 6.93. The largest absolute Gasteiger partial charge is 0.481 e. The van der Waals surface area contributed by atoms with Crippen molar-refractivity contribution in [3.05, 3.63) is 11.6 Å². The number of hydrogen-bond donors (Lipinski definition) is 3. The lowest BCUT2D eigenvalue weighted by atomic mass is 9.34. The number of esters is 3. The predicted molar refractivity (Wildman–Crippen MR) is 210 cm³/mol. The maximum Gasteiger partial charge on any atom is 0.323 e. The summed E-state index contributed by atoms with van der Waals surface area (Å²) in [5.41, 5.74) is 4.23. The van der Waals surface area contributed by atoms with E-state index in [1.807, 2.05) is 0 Å². The third-order valence-corrected chi connectivity index (χ3v) is 16.1. The second-order valence-corrected chi connectivity index (χ2v) is 20.0. The number of nitrogens with one attached hydrogen (secondary N) is 1. The Morgan fingerprint density at radius 1 is 0.964 bits per heavy atom. The molecule has 4 N–H and O–H groups in total. The molecule has 0 aromatic rings. The highest BCUT2D eigenvalue weighted by Crippen LogP contribution is 2.75. The van der Waals surface area contributed by atoms with E-state index in [1.54, 1.807) is 0 Å². The molecule has 1 aliphatic heterocycles. The smallest absolute Gasteiger partial charge is 0.323 e. The molecule has 2 bridgehead atoms. The van der Waals surface area contributed by atoms with Crippen LogP contribution in [0.4, 0.5) is 0 Å². The Labute approximate surface area is 334 Å². The molecule has 12 nitrogen and oxygen atoms in total. The molecule has 1 amide bonds. The first kappa shape index (κ1) is 44.1. The Bertz CT molecular complexity index is 1590. The van der Waals surface area contributed by atoms with Crippen molar-refractivity contribution >= 4 is 29.8 Å². The van der Waals surface area contributed by atoms with Crippen molar-refractivity contribution in [2.24, 2.45) is 62.4 Å². The molecule has 1 unspecified atom stereocenters. The SMILES string of the molecule is CC(=O)O[C@@H]1C[C@@]23COC[C@@](C)([C@@H]2CC[C@H]2C3=CC[C@@]3(C)[C@H](C(=O)O)[C@@](C)([C@H](C)C(C)C)CC[C@]23C)[C@H]1OC(=O)C(N)CCCCNC(=O)C(C)(C)OC(C)=O. The average molecular weight is 787 g/mol. The van der Waals surface area contributed by atoms with Crippen molar-refractivity contribution < 1.29 is 48.0 Å². The quantitative estimate of drug-likeness (QED) is 0.0817. The van der Waals surface area contributed by atoms with Gasteiger partial charge in [-0.3, -0.25) is 24.0 Å². The molecule has 3 saturated carbocycles. The Morgan fingerprint density at radius 3 is 2.25 bits per heavy atom. The molecular formula is C44H70N2O10. The lowest BCUT2D eigenvalue weighted by Gasteiger charge is -2.71. The molecule has 0 aromatic carbocycles. The number of carboxylic acid groups (broad SMARTS) is 1. The summed E-state index contributed by atoms with van der Waals surface area (Å²) in [5, 5.41) is 13.8. The summed E-state index contributed by atoms with van der Waals surface area (Å²) in [5.74, 6) is -2.33. The molecule has 0 radical (unpaired) electrons. The van der Waals surface area contributed by atoms with Crippen LogP contribution in [0, 0.1) is 56.7 Å². The highest BCUT2D eigenvalue weighted by molar-refractivity contribution is 5.86. The Morgan fingerprint density at radius 2 is 1.64 bits per heavy atom. The minimum absolute atomic E-state index is 0.0879. The standard InChI is InChI=1S/C44H70N2O10/c1-25(2)26(3)40(8)19-20-42(10)29-15-16-33-41(9)23-53-24-44(33,30(29)17-18-43(42,11)34(40)36(49)50)22-32(54-27(4)47)35(41)55-37(51)31(45)14-12-13-21-46-38(52)39(6,7)56-28(5)48/h17,25-26,29,31-35H,12-16,18-24,45H2,1-11H3,(H,46,52)(H,49,50)/t26-,29+,31?,32-,33+,34-,35+,40-,41+,42-,43+,44+/m1/s1. The van der Waals surface area contributed by atoms with Gasteiger partial charge in [-0.2, -0.15) is 0 Å². The van der Waals surface area contributed by atoms with Crippen LogP contribution in [0.3, 0.4) is 0 Å². The fourth-order valence-electron chi connectivity index (χ4n) is 12.7. The van der Waals surface area contributed by atoms with E-state index in [-0.39, 0.29) is 28.6 Å². The summed E-state index contributed by atoms with van der Waals surface area (Å²) in [7, 11) is 0. The predicted octanol–water partition coefficient (Wildman–Crippen LogP) is 6.37. The zero-order valence-electron chi connectivity index (χ0n) is 35.9. The summed E-state index contributed by atoms with van der Waals surface area (Å²) in [6, 6.07) is -0.923. The maximum atomic E-state index is 13.7. The molecule has 316 valence electrons. The van der Waals surface area contributed by atoms with E-state index < -0.39 is 75.8 Å². The molecular weight excluding hydrogens is 716 g/mol. The van der Waals surface area contributed by atoms with Crippen molar-refractivity contribution in [3.8, 4) is 0 Å². The van der Waals surface area contributed by atoms with E-state index in [0.29, 0.717) is 57.8 Å². The van der Waals surface area contributed by atoms with E-state index in [1.165, 1.54) is 33.3 Å². The minimum atomic E-state index is -1.29. The number of carbonyl (C=O) groups excluding carboxylic acids is 4. The fraction of sp³-hybridized carbons (Fsp3) is 0.841. The molecule has 1 saturated heterocycles. The number of rotatable bonds is 13. The fourth-order valence-corrected chi connectivity index (χ4v) is 12.7. The molecule has 12 heteroatoms. The first-order valence-electron chi connectivity index (χ1n) is 21.0. The van der Waals surface area contributed by atoms with Gasteiger partial charge in [0.15, 0.2) is 5.60 Å². The number of fused-ring (bicyclic) bond motifs is 3. The molecule has 56 heavy (non-hydrogen) atoms. The van der Waals surface area contributed by atoms with Gasteiger partial charge >= 0.3 is 23.9 Å². The monoisotopic (exact) mass is 787 g/mol. The number of hydrogen-bond acceptors (Lipinski definition) is 10. The molecule has 1 heterocycles. The van der Waals surface area contributed by atoms with Crippen molar-refractivity contribution in [1.29, 1.82) is 0 Å². The Balaban J connectivity index is 1.36. The number of carboxylic acids is 1. The van der Waals surface area contributed by atoms with Crippen molar-refractivity contribution in [2.75, 3.05) is 19.8 Å². The zero-order chi connectivity index (χ0) is 41.8. The van der Waals surface area contributed by atoms with Gasteiger partial charge in [-0.15, -0.1) is 0 Å². The topological polar surface area (TPSA) is 181 Å². The van der Waals surface area contributed by atoms with Gasteiger partial charge in [0.25, 0.3) is 5.91 Å². The van der Waals surface area contributed by atoms with E-state index in [9.17, 15) is 29.1 Å². The Hall–Kier alpha value is -2.99. The van der Waals surface area contributed by atoms with Crippen LogP contribution in [0.2, 0.25) is 0 Å². The summed E-state index contributed by atoms with van der Waals surface area (Å²) in [6.45, 7) is 22.3. The van der Waals surface area contributed by atoms with E-state index in [0.717, 1.165) is 25.7 Å². The van der Waals surface area contributed by atoms with Gasteiger partial charge in [-0.25, -0.2) is 0 Å². The summed E-state index contributed by atoms with van der Waals surface area (Å²) >= 11 is 0. The second kappa shape index (κ2) is 15.6. The normalized spacial score (nSPS) is 38.7. The number of nitrogens with two attached hydrogens (primary N) is 1. The minimum Gasteiger partial charge on any atom is -0.481 e. The Kier molecular flexibility index (Phi) is 12.3. The van der Waals surface area contributed by atoms with Crippen LogP contribution in [0.5, 0.6) is 0 Å². The van der Waals surface area contributed by atoms with Crippen LogP contribution in [-0.4, -0.2) is 78.5 Å². The van der Waals surface area contributed by atoms with Crippen LogP contribution >= 0.6 is 0 Å². The average Bonchev–Trinajstić information content (AvgIpc) is 3.08. The lowest BCUT2D eigenvalue weighted by molar-refractivity contribution is -0.263. The van der Waals surface area contributed by atoms with Gasteiger partial charge in [0, 0.05) is 31.2 Å². The summed E-state index contributed by atoms with van der Waals surface area (Å²) in [4.78, 5) is 63.6. The lowest BCUT2D eigenvalue weighted by Crippen LogP contribution is -2.70. The number of allylic oxidation sites excluding steroid dienone is 1. The second-order valence-electron chi connectivity index (χ2n) is 20.0. The number of aliphatic carboxylic acids is 1. The van der Waals surface area contributed by atoms with Crippen LogP contribution in [0.25, 0.3) is 0 Å². The maximum absolute atomic E-state index is 13.7. The molecule has 4 fully saturated rings. The van der Waals surface area contributed by atoms with Gasteiger partial charge in [-0.1, -0.05) is 60.1 Å². The third-order valence-electron chi connectivity index (χ3n) is 16.1. The molecule has 12 atom stereocenters. The molecule has 0 aromatic heterocycles. The van der Waals surface area contributed by atoms with E-state index >= 15 is 0 Å². The number of carbonyl (C=O) groups is 5. The third kappa shape index (κ3) is 7.32. The van der Waals surface area contributed by atoms with Crippen molar-refractivity contribution in [2.45, 2.75) is 158 Å². The molecule has 4 aliphatic carbocycles. The number of unbranched alkanes of at least 4 members (excludes halogenated alkanes) is 1. The zero-order valence-corrected chi connectivity index (χ0v) is 35.9. The van der Waals surface area contributed by atoms with Gasteiger partial charge in [0.05, 0.1) is 19.1 Å². The number of amides is 1. The van der Waals surface area contributed by atoms with E-state index in [2.05, 4.69) is 59.9 Å². The van der Waals surface area contributed by atoms with Crippen LogP contribution < -0.4 is 11.1 Å². The van der Waals surface area contributed by atoms with Crippen molar-refractivity contribution in [1.82, 2.24) is 5.32 Å². The van der Waals surface area contributed by atoms with Crippen LogP contribution in [0.1, 0.15) is 134 Å². The van der Waals surface area contributed by atoms with Crippen molar-refractivity contribution in [3.63, 3.8) is 0 Å². The number of ether oxygens (including phenoxy) is 4. The van der Waals surface area contributed by atoms with E-state index in [4.69, 9.17) is 24.7 Å². The van der Waals surface area contributed by atoms with Gasteiger partial charge in [0.1, 0.15) is 18.2 Å². The van der Waals surface area contributed by atoms with Crippen LogP contribution in [0.15, 0.2) is 11.6 Å². The summed E-state index contributed by atoms with van der Waals surface area (Å²) < 4.78 is 24.0. The molecule has 0 spiro atoms. The van der Waals surface area contributed by atoms with Crippen LogP contribution in [-0.2, 0) is 42.9 Å².